The summed E-state index contributed by atoms with van der Waals surface area (Å²) in [6.45, 7) is 0.702. The number of hydrogen-bond donors (Lipinski definition) is 2. The number of hydrogen-bond acceptors (Lipinski definition) is 4. The van der Waals surface area contributed by atoms with Gasteiger partial charge in [-0.05, 0) is 47.4 Å². The lowest BCUT2D eigenvalue weighted by Gasteiger charge is -2.17. The van der Waals surface area contributed by atoms with E-state index in [-0.39, 0.29) is 6.04 Å². The third kappa shape index (κ3) is 3.86. The van der Waals surface area contributed by atoms with Crippen molar-refractivity contribution >= 4 is 15.9 Å². The summed E-state index contributed by atoms with van der Waals surface area (Å²) in [5, 5.41) is 0. The lowest BCUT2D eigenvalue weighted by Crippen LogP contribution is -2.12. The molecule has 0 saturated carbocycles. The lowest BCUT2D eigenvalue weighted by molar-refractivity contribution is 0.391. The molecule has 5 heteroatoms. The van der Waals surface area contributed by atoms with Crippen molar-refractivity contribution < 1.29 is 9.47 Å². The first-order valence-electron chi connectivity index (χ1n) is 6.01. The Morgan fingerprint density at radius 2 is 1.83 bits per heavy atom. The molecule has 0 amide bonds. The summed E-state index contributed by atoms with van der Waals surface area (Å²) in [5.74, 6) is 1.54. The van der Waals surface area contributed by atoms with E-state index in [1.165, 1.54) is 0 Å². The second-order valence-corrected chi connectivity index (χ2v) is 4.97. The van der Waals surface area contributed by atoms with E-state index >= 15 is 0 Å². The largest absolute Gasteiger partial charge is 0.496 e. The van der Waals surface area contributed by atoms with Gasteiger partial charge in [0.2, 0.25) is 0 Å². The smallest absolute Gasteiger partial charge is 0.133 e. The minimum Gasteiger partial charge on any atom is -0.496 e. The fourth-order valence-corrected chi connectivity index (χ4v) is 2.32. The molecular formula is C13H21BrN2O2. The van der Waals surface area contributed by atoms with Crippen LogP contribution in [0.3, 0.4) is 0 Å². The molecule has 1 rings (SSSR count). The van der Waals surface area contributed by atoms with Crippen LogP contribution in [-0.2, 0) is 0 Å². The second-order valence-electron chi connectivity index (χ2n) is 4.12. The Bertz CT molecular complexity index is 385. The molecular weight excluding hydrogens is 296 g/mol. The van der Waals surface area contributed by atoms with Gasteiger partial charge in [0, 0.05) is 11.6 Å². The Morgan fingerprint density at radius 1 is 1.17 bits per heavy atom. The molecule has 0 spiro atoms. The van der Waals surface area contributed by atoms with Crippen LogP contribution in [0.4, 0.5) is 0 Å². The first kappa shape index (κ1) is 15.3. The summed E-state index contributed by atoms with van der Waals surface area (Å²) in [6.07, 6.45) is 2.89. The van der Waals surface area contributed by atoms with Gasteiger partial charge in [-0.15, -0.1) is 0 Å². The van der Waals surface area contributed by atoms with Crippen molar-refractivity contribution in [3.05, 3.63) is 22.2 Å². The van der Waals surface area contributed by atoms with Gasteiger partial charge in [0.15, 0.2) is 0 Å². The molecule has 4 nitrogen and oxygen atoms in total. The van der Waals surface area contributed by atoms with Crippen molar-refractivity contribution in [2.24, 2.45) is 11.5 Å². The van der Waals surface area contributed by atoms with Gasteiger partial charge in [-0.1, -0.05) is 6.42 Å². The predicted molar refractivity (Wildman–Crippen MR) is 77.1 cm³/mol. The predicted octanol–water partition coefficient (Wildman–Crippen LogP) is 2.60. The number of halogens is 1. The SMILES string of the molecule is COc1cc([C@@H](N)CCCCN)c(OC)cc1Br. The quantitative estimate of drug-likeness (QED) is 0.758. The molecule has 18 heavy (non-hydrogen) atoms. The molecule has 0 aromatic heterocycles. The summed E-state index contributed by atoms with van der Waals surface area (Å²) >= 11 is 3.43. The van der Waals surface area contributed by atoms with Gasteiger partial charge in [0.25, 0.3) is 0 Å². The van der Waals surface area contributed by atoms with Crippen molar-refractivity contribution in [3.63, 3.8) is 0 Å². The fraction of sp³-hybridized carbons (Fsp3) is 0.538. The Balaban J connectivity index is 2.90. The molecule has 0 radical (unpaired) electrons. The van der Waals surface area contributed by atoms with E-state index in [0.29, 0.717) is 6.54 Å². The van der Waals surface area contributed by atoms with Crippen LogP contribution in [0.15, 0.2) is 16.6 Å². The van der Waals surface area contributed by atoms with Crippen LogP contribution in [0, 0.1) is 0 Å². The third-order valence-corrected chi connectivity index (χ3v) is 3.49. The van der Waals surface area contributed by atoms with Crippen LogP contribution >= 0.6 is 15.9 Å². The summed E-state index contributed by atoms with van der Waals surface area (Å²) in [6, 6.07) is 3.75. The Hall–Kier alpha value is -0.780. The summed E-state index contributed by atoms with van der Waals surface area (Å²) < 4.78 is 11.5. The van der Waals surface area contributed by atoms with E-state index in [0.717, 1.165) is 40.8 Å². The molecule has 1 aromatic rings. The average Bonchev–Trinajstić information content (AvgIpc) is 2.38. The Morgan fingerprint density at radius 3 is 2.39 bits per heavy atom. The topological polar surface area (TPSA) is 70.5 Å². The van der Waals surface area contributed by atoms with Gasteiger partial charge >= 0.3 is 0 Å². The van der Waals surface area contributed by atoms with E-state index in [9.17, 15) is 0 Å². The molecule has 0 aliphatic rings. The van der Waals surface area contributed by atoms with E-state index in [2.05, 4.69) is 15.9 Å². The molecule has 1 atom stereocenters. The van der Waals surface area contributed by atoms with Crippen molar-refractivity contribution in [2.45, 2.75) is 25.3 Å². The van der Waals surface area contributed by atoms with Crippen molar-refractivity contribution in [1.29, 1.82) is 0 Å². The van der Waals surface area contributed by atoms with Gasteiger partial charge in [-0.25, -0.2) is 0 Å². The highest BCUT2D eigenvalue weighted by Crippen LogP contribution is 2.36. The summed E-state index contributed by atoms with van der Waals surface area (Å²) in [7, 11) is 3.28. The highest BCUT2D eigenvalue weighted by atomic mass is 79.9. The number of nitrogens with two attached hydrogens (primary N) is 2. The number of benzene rings is 1. The zero-order valence-corrected chi connectivity index (χ0v) is 12.5. The molecule has 0 fully saturated rings. The lowest BCUT2D eigenvalue weighted by atomic mass is 10.0. The van der Waals surface area contributed by atoms with Crippen LogP contribution in [0.1, 0.15) is 30.9 Å². The standard InChI is InChI=1S/C13H21BrN2O2/c1-17-12-8-10(14)13(18-2)7-9(12)11(16)5-3-4-6-15/h7-8,11H,3-6,15-16H2,1-2H3/t11-/m0/s1. The normalized spacial score (nSPS) is 12.3. The monoisotopic (exact) mass is 316 g/mol. The van der Waals surface area contributed by atoms with Crippen molar-refractivity contribution in [2.75, 3.05) is 20.8 Å². The number of ether oxygens (including phenoxy) is 2. The van der Waals surface area contributed by atoms with Crippen molar-refractivity contribution in [1.82, 2.24) is 0 Å². The molecule has 0 bridgehead atoms. The van der Waals surface area contributed by atoms with Crippen molar-refractivity contribution in [3.8, 4) is 11.5 Å². The number of rotatable bonds is 7. The van der Waals surface area contributed by atoms with E-state index in [1.54, 1.807) is 14.2 Å². The summed E-state index contributed by atoms with van der Waals surface area (Å²) in [4.78, 5) is 0. The molecule has 4 N–H and O–H groups in total. The molecule has 0 unspecified atom stereocenters. The van der Waals surface area contributed by atoms with Gasteiger partial charge in [-0.2, -0.15) is 0 Å². The van der Waals surface area contributed by atoms with Crippen LogP contribution in [0.25, 0.3) is 0 Å². The zero-order valence-electron chi connectivity index (χ0n) is 10.9. The zero-order chi connectivity index (χ0) is 13.5. The molecule has 0 saturated heterocycles. The second kappa shape index (κ2) is 7.61. The van der Waals surface area contributed by atoms with E-state index < -0.39 is 0 Å². The van der Waals surface area contributed by atoms with Crippen LogP contribution in [-0.4, -0.2) is 20.8 Å². The van der Waals surface area contributed by atoms with Gasteiger partial charge < -0.3 is 20.9 Å². The van der Waals surface area contributed by atoms with Crippen LogP contribution in [0.2, 0.25) is 0 Å². The molecule has 0 aliphatic heterocycles. The highest BCUT2D eigenvalue weighted by molar-refractivity contribution is 9.10. The number of unbranched alkanes of at least 4 members (excludes halogenated alkanes) is 1. The Labute approximate surface area is 117 Å². The van der Waals surface area contributed by atoms with E-state index in [1.807, 2.05) is 12.1 Å². The molecule has 0 heterocycles. The third-order valence-electron chi connectivity index (χ3n) is 2.87. The molecule has 102 valence electrons. The molecule has 1 aromatic carbocycles. The fourth-order valence-electron chi connectivity index (χ4n) is 1.84. The summed E-state index contributed by atoms with van der Waals surface area (Å²) in [5.41, 5.74) is 12.6. The van der Waals surface area contributed by atoms with Gasteiger partial charge in [0.1, 0.15) is 11.5 Å². The number of methoxy groups -OCH3 is 2. The molecule has 0 aliphatic carbocycles. The minimum absolute atomic E-state index is 0.0616. The van der Waals surface area contributed by atoms with Gasteiger partial charge in [-0.3, -0.25) is 0 Å². The van der Waals surface area contributed by atoms with Crippen LogP contribution in [0.5, 0.6) is 11.5 Å². The maximum absolute atomic E-state index is 6.19. The maximum Gasteiger partial charge on any atom is 0.133 e. The highest BCUT2D eigenvalue weighted by Gasteiger charge is 2.15. The minimum atomic E-state index is -0.0616. The average molecular weight is 317 g/mol. The first-order valence-corrected chi connectivity index (χ1v) is 6.80. The van der Waals surface area contributed by atoms with E-state index in [4.69, 9.17) is 20.9 Å². The van der Waals surface area contributed by atoms with Crippen LogP contribution < -0.4 is 20.9 Å². The first-order chi connectivity index (χ1) is 8.63. The Kier molecular flexibility index (Phi) is 6.46. The maximum atomic E-state index is 6.19. The van der Waals surface area contributed by atoms with Gasteiger partial charge in [0.05, 0.1) is 18.7 Å².